The van der Waals surface area contributed by atoms with Crippen LogP contribution >= 0.6 is 15.9 Å². The van der Waals surface area contributed by atoms with E-state index in [1.165, 1.54) is 0 Å². The molecule has 1 heterocycles. The van der Waals surface area contributed by atoms with Crippen LogP contribution in [0.3, 0.4) is 0 Å². The summed E-state index contributed by atoms with van der Waals surface area (Å²) in [6, 6.07) is 11.7. The highest BCUT2D eigenvalue weighted by Crippen LogP contribution is 2.19. The number of halogens is 1. The molecule has 0 aliphatic carbocycles. The van der Waals surface area contributed by atoms with E-state index in [-0.39, 0.29) is 0 Å². The normalized spacial score (nSPS) is 12.2. The van der Waals surface area contributed by atoms with Gasteiger partial charge in [0.05, 0.1) is 13.2 Å². The lowest BCUT2D eigenvalue weighted by molar-refractivity contribution is 0.175. The largest absolute Gasteiger partial charge is 0.481 e. The van der Waals surface area contributed by atoms with Gasteiger partial charge in [0.2, 0.25) is 5.88 Å². The second kappa shape index (κ2) is 6.68. The zero-order chi connectivity index (χ0) is 13.7. The standard InChI is InChI=1S/C15H16BrNO2/c1-19-15-7-6-11(10-17-15)8-13(18)9-12-4-2-3-5-14(12)16/h2-7,10,13,18H,8-9H2,1H3. The number of aromatic nitrogens is 1. The molecule has 1 N–H and O–H groups in total. The highest BCUT2D eigenvalue weighted by atomic mass is 79.9. The maximum Gasteiger partial charge on any atom is 0.212 e. The van der Waals surface area contributed by atoms with Gasteiger partial charge < -0.3 is 9.84 Å². The molecule has 0 bridgehead atoms. The van der Waals surface area contributed by atoms with Crippen molar-refractivity contribution in [1.29, 1.82) is 0 Å². The van der Waals surface area contributed by atoms with Crippen molar-refractivity contribution >= 4 is 15.9 Å². The summed E-state index contributed by atoms with van der Waals surface area (Å²) in [5.41, 5.74) is 2.11. The maximum atomic E-state index is 10.1. The predicted octanol–water partition coefficient (Wildman–Crippen LogP) is 3.00. The molecule has 0 radical (unpaired) electrons. The Kier molecular flexibility index (Phi) is 4.93. The van der Waals surface area contributed by atoms with Crippen molar-refractivity contribution in [3.63, 3.8) is 0 Å². The molecule has 0 aliphatic rings. The van der Waals surface area contributed by atoms with Crippen molar-refractivity contribution < 1.29 is 9.84 Å². The fourth-order valence-electron chi connectivity index (χ4n) is 1.91. The number of aliphatic hydroxyl groups is 1. The second-order valence-corrected chi connectivity index (χ2v) is 5.22. The predicted molar refractivity (Wildman–Crippen MR) is 78.3 cm³/mol. The fourth-order valence-corrected chi connectivity index (χ4v) is 2.36. The van der Waals surface area contributed by atoms with Gasteiger partial charge in [0.1, 0.15) is 0 Å². The van der Waals surface area contributed by atoms with E-state index in [1.807, 2.05) is 30.3 Å². The second-order valence-electron chi connectivity index (χ2n) is 4.36. The SMILES string of the molecule is COc1ccc(CC(O)Cc2ccccc2Br)cn1. The summed E-state index contributed by atoms with van der Waals surface area (Å²) in [4.78, 5) is 4.13. The molecule has 19 heavy (non-hydrogen) atoms. The van der Waals surface area contributed by atoms with Crippen LogP contribution < -0.4 is 4.74 Å². The molecule has 3 nitrogen and oxygen atoms in total. The Morgan fingerprint density at radius 1 is 1.21 bits per heavy atom. The molecule has 0 spiro atoms. The molecule has 1 unspecified atom stereocenters. The molecule has 0 fully saturated rings. The molecule has 1 aromatic carbocycles. The molecule has 1 aromatic heterocycles. The monoisotopic (exact) mass is 321 g/mol. The molecule has 2 rings (SSSR count). The first-order chi connectivity index (χ1) is 9.19. The van der Waals surface area contributed by atoms with Gasteiger partial charge in [-0.2, -0.15) is 0 Å². The smallest absolute Gasteiger partial charge is 0.212 e. The lowest BCUT2D eigenvalue weighted by Crippen LogP contribution is -2.14. The highest BCUT2D eigenvalue weighted by molar-refractivity contribution is 9.10. The van der Waals surface area contributed by atoms with Crippen molar-refractivity contribution in [1.82, 2.24) is 4.98 Å². The Balaban J connectivity index is 1.97. The van der Waals surface area contributed by atoms with Crippen LogP contribution in [0.4, 0.5) is 0 Å². The number of aliphatic hydroxyl groups excluding tert-OH is 1. The van der Waals surface area contributed by atoms with Crippen LogP contribution in [0.2, 0.25) is 0 Å². The molecule has 0 saturated heterocycles. The zero-order valence-corrected chi connectivity index (χ0v) is 12.3. The Bertz CT molecular complexity index is 528. The molecule has 100 valence electrons. The Labute approximate surface area is 121 Å². The van der Waals surface area contributed by atoms with E-state index in [1.54, 1.807) is 19.4 Å². The van der Waals surface area contributed by atoms with Gasteiger partial charge in [-0.3, -0.25) is 0 Å². The Morgan fingerprint density at radius 2 is 2.00 bits per heavy atom. The molecular formula is C15H16BrNO2. The molecule has 0 amide bonds. The van der Waals surface area contributed by atoms with Crippen LogP contribution in [0, 0.1) is 0 Å². The number of hydrogen-bond acceptors (Lipinski definition) is 3. The first kappa shape index (κ1) is 14.0. The van der Waals surface area contributed by atoms with Crippen molar-refractivity contribution in [2.24, 2.45) is 0 Å². The van der Waals surface area contributed by atoms with Crippen LogP contribution in [0.5, 0.6) is 5.88 Å². The highest BCUT2D eigenvalue weighted by Gasteiger charge is 2.09. The summed E-state index contributed by atoms with van der Waals surface area (Å²) in [7, 11) is 1.59. The van der Waals surface area contributed by atoms with Gasteiger partial charge in [0.15, 0.2) is 0 Å². The van der Waals surface area contributed by atoms with E-state index in [0.717, 1.165) is 15.6 Å². The van der Waals surface area contributed by atoms with Gasteiger partial charge in [-0.15, -0.1) is 0 Å². The maximum absolute atomic E-state index is 10.1. The third-order valence-corrected chi connectivity index (χ3v) is 3.67. The number of ether oxygens (including phenoxy) is 1. The third-order valence-electron chi connectivity index (χ3n) is 2.89. The fraction of sp³-hybridized carbons (Fsp3) is 0.267. The average molecular weight is 322 g/mol. The minimum atomic E-state index is -0.422. The first-order valence-electron chi connectivity index (χ1n) is 6.09. The summed E-state index contributed by atoms with van der Waals surface area (Å²) < 4.78 is 6.04. The molecule has 2 aromatic rings. The third kappa shape index (κ3) is 4.04. The van der Waals surface area contributed by atoms with Crippen LogP contribution in [-0.4, -0.2) is 23.3 Å². The van der Waals surface area contributed by atoms with Crippen molar-refractivity contribution in [3.05, 3.63) is 58.2 Å². The van der Waals surface area contributed by atoms with Gasteiger partial charge >= 0.3 is 0 Å². The summed E-state index contributed by atoms with van der Waals surface area (Å²) in [5, 5.41) is 10.1. The van der Waals surface area contributed by atoms with E-state index in [9.17, 15) is 5.11 Å². The molecule has 0 saturated carbocycles. The van der Waals surface area contributed by atoms with E-state index < -0.39 is 6.10 Å². The molecular weight excluding hydrogens is 306 g/mol. The number of benzene rings is 1. The number of rotatable bonds is 5. The number of nitrogens with zero attached hydrogens (tertiary/aromatic N) is 1. The lowest BCUT2D eigenvalue weighted by atomic mass is 10.0. The van der Waals surface area contributed by atoms with Gasteiger partial charge in [0, 0.05) is 23.2 Å². The summed E-state index contributed by atoms with van der Waals surface area (Å²) in [6.45, 7) is 0. The zero-order valence-electron chi connectivity index (χ0n) is 10.7. The number of hydrogen-bond donors (Lipinski definition) is 1. The van der Waals surface area contributed by atoms with Crippen LogP contribution in [0.25, 0.3) is 0 Å². The summed E-state index contributed by atoms with van der Waals surface area (Å²) in [5.74, 6) is 0.587. The average Bonchev–Trinajstić information content (AvgIpc) is 2.42. The van der Waals surface area contributed by atoms with Gasteiger partial charge in [-0.05, 0) is 23.6 Å². The topological polar surface area (TPSA) is 42.4 Å². The van der Waals surface area contributed by atoms with Crippen molar-refractivity contribution in [2.45, 2.75) is 18.9 Å². The quantitative estimate of drug-likeness (QED) is 0.920. The Hall–Kier alpha value is -1.39. The van der Waals surface area contributed by atoms with Gasteiger partial charge in [0.25, 0.3) is 0 Å². The minimum absolute atomic E-state index is 0.422. The van der Waals surface area contributed by atoms with Gasteiger partial charge in [-0.25, -0.2) is 4.98 Å². The van der Waals surface area contributed by atoms with Crippen molar-refractivity contribution in [2.75, 3.05) is 7.11 Å². The molecule has 4 heteroatoms. The summed E-state index contributed by atoms with van der Waals surface area (Å²) in [6.07, 6.45) is 2.52. The van der Waals surface area contributed by atoms with Crippen LogP contribution in [-0.2, 0) is 12.8 Å². The summed E-state index contributed by atoms with van der Waals surface area (Å²) >= 11 is 3.49. The first-order valence-corrected chi connectivity index (χ1v) is 6.88. The van der Waals surface area contributed by atoms with E-state index in [4.69, 9.17) is 4.74 Å². The van der Waals surface area contributed by atoms with E-state index >= 15 is 0 Å². The lowest BCUT2D eigenvalue weighted by Gasteiger charge is -2.12. The van der Waals surface area contributed by atoms with Crippen LogP contribution in [0.1, 0.15) is 11.1 Å². The number of methoxy groups -OCH3 is 1. The van der Waals surface area contributed by atoms with Gasteiger partial charge in [-0.1, -0.05) is 40.2 Å². The van der Waals surface area contributed by atoms with E-state index in [2.05, 4.69) is 20.9 Å². The molecule has 1 atom stereocenters. The number of pyridine rings is 1. The van der Waals surface area contributed by atoms with E-state index in [0.29, 0.717) is 18.7 Å². The van der Waals surface area contributed by atoms with Crippen molar-refractivity contribution in [3.8, 4) is 5.88 Å². The Morgan fingerprint density at radius 3 is 2.63 bits per heavy atom. The minimum Gasteiger partial charge on any atom is -0.481 e. The van der Waals surface area contributed by atoms with Crippen LogP contribution in [0.15, 0.2) is 47.1 Å². The molecule has 0 aliphatic heterocycles.